The van der Waals surface area contributed by atoms with Crippen LogP contribution in [0.25, 0.3) is 22.4 Å². The Morgan fingerprint density at radius 2 is 1.68 bits per heavy atom. The van der Waals surface area contributed by atoms with Crippen LogP contribution in [0.2, 0.25) is 0 Å². The van der Waals surface area contributed by atoms with Crippen LogP contribution in [0.5, 0.6) is 0 Å². The predicted molar refractivity (Wildman–Crippen MR) is 134 cm³/mol. The molecule has 0 aliphatic heterocycles. The van der Waals surface area contributed by atoms with E-state index in [-0.39, 0.29) is 30.9 Å². The van der Waals surface area contributed by atoms with Crippen LogP contribution in [0.15, 0.2) is 66.9 Å². The van der Waals surface area contributed by atoms with Crippen LogP contribution in [-0.4, -0.2) is 37.6 Å². The van der Waals surface area contributed by atoms with Crippen molar-refractivity contribution in [2.24, 2.45) is 5.92 Å². The Bertz CT molecular complexity index is 945. The van der Waals surface area contributed by atoms with E-state index in [1.54, 1.807) is 0 Å². The van der Waals surface area contributed by atoms with Crippen LogP contribution in [0.1, 0.15) is 30.1 Å². The Hall–Kier alpha value is -1.91. The number of rotatable bonds is 6. The summed E-state index contributed by atoms with van der Waals surface area (Å²) in [5, 5.41) is 0. The molecular weight excluding hydrogens is 427 g/mol. The molecular formula is C26H32Cl2N2O. The first-order valence-electron chi connectivity index (χ1n) is 10.5. The van der Waals surface area contributed by atoms with Gasteiger partial charge in [-0.15, -0.1) is 24.8 Å². The summed E-state index contributed by atoms with van der Waals surface area (Å²) in [6.45, 7) is 1.11. The summed E-state index contributed by atoms with van der Waals surface area (Å²) in [5.74, 6) is 0.590. The van der Waals surface area contributed by atoms with Crippen molar-refractivity contribution in [3.63, 3.8) is 0 Å². The molecule has 3 nitrogen and oxygen atoms in total. The average Bonchev–Trinajstić information content (AvgIpc) is 2.77. The molecule has 0 fully saturated rings. The zero-order valence-electron chi connectivity index (χ0n) is 18.5. The van der Waals surface area contributed by atoms with E-state index in [1.807, 2.05) is 31.5 Å². The molecule has 0 spiro atoms. The first-order valence-corrected chi connectivity index (χ1v) is 10.5. The Balaban J connectivity index is 0.00000171. The van der Waals surface area contributed by atoms with Crippen LogP contribution in [0.3, 0.4) is 0 Å². The van der Waals surface area contributed by atoms with Crippen molar-refractivity contribution in [2.45, 2.75) is 25.4 Å². The molecule has 1 aliphatic rings. The molecule has 0 saturated heterocycles. The van der Waals surface area contributed by atoms with Gasteiger partial charge in [-0.2, -0.15) is 0 Å². The molecule has 3 aromatic rings. The van der Waals surface area contributed by atoms with Gasteiger partial charge in [0.25, 0.3) is 0 Å². The lowest BCUT2D eigenvalue weighted by molar-refractivity contribution is 0.0343. The molecule has 4 rings (SSSR count). The molecule has 0 bridgehead atoms. The molecule has 0 radical (unpaired) electrons. The third-order valence-corrected chi connectivity index (χ3v) is 6.03. The number of benzene rings is 2. The quantitative estimate of drug-likeness (QED) is 0.423. The standard InChI is InChI=1S/C26H30N2O.2ClH/c1-28(2)16-15-20-9-10-22-17-21(11-13-24(22)26(20)29-3)23-12-14-25(27-18-23)19-7-5-4-6-8-19;;/h4-8,11-14,17-18,20,26H,9-10,15-16H2,1-3H3;2*1H. The topological polar surface area (TPSA) is 25.4 Å². The van der Waals surface area contributed by atoms with Gasteiger partial charge in [0.05, 0.1) is 11.8 Å². The van der Waals surface area contributed by atoms with Gasteiger partial charge in [-0.1, -0.05) is 54.6 Å². The lowest BCUT2D eigenvalue weighted by Gasteiger charge is -2.33. The molecule has 166 valence electrons. The van der Waals surface area contributed by atoms with Crippen molar-refractivity contribution in [3.8, 4) is 22.4 Å². The van der Waals surface area contributed by atoms with E-state index in [0.717, 1.165) is 29.8 Å². The lowest BCUT2D eigenvalue weighted by Crippen LogP contribution is -2.26. The van der Waals surface area contributed by atoms with Gasteiger partial charge < -0.3 is 9.64 Å². The number of hydrogen-bond donors (Lipinski definition) is 0. The maximum atomic E-state index is 5.94. The highest BCUT2D eigenvalue weighted by molar-refractivity contribution is 5.85. The number of pyridine rings is 1. The largest absolute Gasteiger partial charge is 0.376 e. The van der Waals surface area contributed by atoms with E-state index in [2.05, 4.69) is 61.5 Å². The van der Waals surface area contributed by atoms with Crippen molar-refractivity contribution >= 4 is 24.8 Å². The van der Waals surface area contributed by atoms with Crippen LogP contribution in [0.4, 0.5) is 0 Å². The third-order valence-electron chi connectivity index (χ3n) is 6.03. The molecule has 0 saturated carbocycles. The van der Waals surface area contributed by atoms with Gasteiger partial charge in [0.1, 0.15) is 0 Å². The van der Waals surface area contributed by atoms with Gasteiger partial charge in [-0.3, -0.25) is 4.98 Å². The minimum absolute atomic E-state index is 0. The second-order valence-corrected chi connectivity index (χ2v) is 8.26. The maximum absolute atomic E-state index is 5.94. The Labute approximate surface area is 198 Å². The minimum Gasteiger partial charge on any atom is -0.376 e. The number of fused-ring (bicyclic) bond motifs is 1. The van der Waals surface area contributed by atoms with Gasteiger partial charge in [0.2, 0.25) is 0 Å². The third kappa shape index (κ3) is 5.87. The minimum atomic E-state index is 0. The monoisotopic (exact) mass is 458 g/mol. The molecule has 2 unspecified atom stereocenters. The summed E-state index contributed by atoms with van der Waals surface area (Å²) in [4.78, 5) is 6.95. The van der Waals surface area contributed by atoms with Gasteiger partial charge in [0.15, 0.2) is 0 Å². The van der Waals surface area contributed by atoms with Crippen molar-refractivity contribution in [1.82, 2.24) is 9.88 Å². The highest BCUT2D eigenvalue weighted by atomic mass is 35.5. The highest BCUT2D eigenvalue weighted by Crippen LogP contribution is 2.40. The van der Waals surface area contributed by atoms with Crippen LogP contribution in [0, 0.1) is 5.92 Å². The molecule has 0 N–H and O–H groups in total. The number of aryl methyl sites for hydroxylation is 1. The molecule has 2 aromatic carbocycles. The number of nitrogens with zero attached hydrogens (tertiary/aromatic N) is 2. The van der Waals surface area contributed by atoms with Crippen molar-refractivity contribution < 1.29 is 4.74 Å². The SMILES string of the molecule is COC1c2ccc(-c3ccc(-c4ccccc4)nc3)cc2CCC1CCN(C)C.Cl.Cl. The van der Waals surface area contributed by atoms with E-state index in [4.69, 9.17) is 9.72 Å². The first kappa shape index (κ1) is 25.4. The van der Waals surface area contributed by atoms with Gasteiger partial charge in [-0.05, 0) is 68.6 Å². The maximum Gasteiger partial charge on any atom is 0.0852 e. The molecule has 1 aromatic heterocycles. The summed E-state index contributed by atoms with van der Waals surface area (Å²) in [7, 11) is 6.13. The molecule has 0 amide bonds. The summed E-state index contributed by atoms with van der Waals surface area (Å²) in [6.07, 6.45) is 5.68. The number of ether oxygens (including phenoxy) is 1. The summed E-state index contributed by atoms with van der Waals surface area (Å²) < 4.78 is 5.94. The predicted octanol–water partition coefficient (Wildman–Crippen LogP) is 6.46. The summed E-state index contributed by atoms with van der Waals surface area (Å²) in [5.41, 5.74) is 7.34. The lowest BCUT2D eigenvalue weighted by atomic mass is 9.79. The van der Waals surface area contributed by atoms with Crippen LogP contribution in [-0.2, 0) is 11.2 Å². The first-order chi connectivity index (χ1) is 14.2. The van der Waals surface area contributed by atoms with Crippen molar-refractivity contribution in [1.29, 1.82) is 0 Å². The fourth-order valence-electron chi connectivity index (χ4n) is 4.41. The molecule has 1 heterocycles. The van der Waals surface area contributed by atoms with E-state index < -0.39 is 0 Å². The number of aromatic nitrogens is 1. The number of methoxy groups -OCH3 is 1. The molecule has 2 atom stereocenters. The fraction of sp³-hybridized carbons (Fsp3) is 0.346. The summed E-state index contributed by atoms with van der Waals surface area (Å²) >= 11 is 0. The molecule has 31 heavy (non-hydrogen) atoms. The zero-order chi connectivity index (χ0) is 20.2. The van der Waals surface area contributed by atoms with Gasteiger partial charge in [-0.25, -0.2) is 0 Å². The Morgan fingerprint density at radius 3 is 2.32 bits per heavy atom. The van der Waals surface area contributed by atoms with E-state index >= 15 is 0 Å². The average molecular weight is 459 g/mol. The number of halogens is 2. The van der Waals surface area contributed by atoms with Gasteiger partial charge in [0, 0.05) is 24.4 Å². The number of hydrogen-bond acceptors (Lipinski definition) is 3. The van der Waals surface area contributed by atoms with Crippen LogP contribution >= 0.6 is 24.8 Å². The second-order valence-electron chi connectivity index (χ2n) is 8.26. The van der Waals surface area contributed by atoms with Gasteiger partial charge >= 0.3 is 0 Å². The van der Waals surface area contributed by atoms with E-state index in [9.17, 15) is 0 Å². The van der Waals surface area contributed by atoms with Crippen LogP contribution < -0.4 is 0 Å². The van der Waals surface area contributed by atoms with E-state index in [0.29, 0.717) is 5.92 Å². The van der Waals surface area contributed by atoms with Crippen molar-refractivity contribution in [2.75, 3.05) is 27.7 Å². The molecule has 1 aliphatic carbocycles. The van der Waals surface area contributed by atoms with E-state index in [1.165, 1.54) is 29.5 Å². The van der Waals surface area contributed by atoms with Crippen molar-refractivity contribution in [3.05, 3.63) is 78.0 Å². The highest BCUT2D eigenvalue weighted by Gasteiger charge is 2.29. The summed E-state index contributed by atoms with van der Waals surface area (Å²) in [6, 6.07) is 21.4. The Morgan fingerprint density at radius 1 is 0.935 bits per heavy atom. The smallest absolute Gasteiger partial charge is 0.0852 e. The fourth-order valence-corrected chi connectivity index (χ4v) is 4.41. The second kappa shape index (κ2) is 11.6. The Kier molecular flexibility index (Phi) is 9.52. The molecule has 5 heteroatoms. The zero-order valence-corrected chi connectivity index (χ0v) is 20.1. The normalized spacial score (nSPS) is 17.4.